The topological polar surface area (TPSA) is 75.3 Å². The average molecular weight is 342 g/mol. The first-order chi connectivity index (χ1) is 11.8. The highest BCUT2D eigenvalue weighted by Crippen LogP contribution is 2.27. The molecule has 0 aliphatic heterocycles. The van der Waals surface area contributed by atoms with Crippen LogP contribution in [0.2, 0.25) is 0 Å². The molecule has 1 heterocycles. The summed E-state index contributed by atoms with van der Waals surface area (Å²) in [7, 11) is 0. The molecule has 3 N–H and O–H groups in total. The highest BCUT2D eigenvalue weighted by Gasteiger charge is 2.21. The maximum Gasteiger partial charge on any atom is 0.221 e. The van der Waals surface area contributed by atoms with Gasteiger partial charge in [-0.05, 0) is 23.0 Å². The molecule has 25 heavy (non-hydrogen) atoms. The van der Waals surface area contributed by atoms with E-state index in [2.05, 4.69) is 66.9 Å². The molecule has 1 aliphatic rings. The maximum atomic E-state index is 8.96. The first-order valence-electron chi connectivity index (χ1n) is 8.78. The third kappa shape index (κ3) is 6.02. The fourth-order valence-electron chi connectivity index (χ4n) is 3.03. The largest absolute Gasteiger partial charge is 0.392 e. The van der Waals surface area contributed by atoms with E-state index in [0.29, 0.717) is 17.8 Å². The van der Waals surface area contributed by atoms with Gasteiger partial charge in [0.15, 0.2) is 0 Å². The molecule has 5 heteroatoms. The molecule has 0 aromatic carbocycles. The minimum absolute atomic E-state index is 0.0854. The fourth-order valence-corrected chi connectivity index (χ4v) is 3.03. The van der Waals surface area contributed by atoms with Gasteiger partial charge < -0.3 is 15.7 Å². The molecule has 0 saturated carbocycles. The normalized spacial score (nSPS) is 20.8. The van der Waals surface area contributed by atoms with Crippen LogP contribution in [-0.2, 0) is 0 Å². The van der Waals surface area contributed by atoms with Gasteiger partial charge in [0.05, 0.1) is 6.61 Å². The van der Waals surface area contributed by atoms with E-state index in [0.717, 1.165) is 18.9 Å². The van der Waals surface area contributed by atoms with Crippen molar-refractivity contribution in [3.8, 4) is 0 Å². The van der Waals surface area contributed by atoms with Crippen LogP contribution < -0.4 is 10.6 Å². The lowest BCUT2D eigenvalue weighted by Crippen LogP contribution is -2.35. The number of aliphatic hydroxyl groups is 1. The zero-order valence-corrected chi connectivity index (χ0v) is 15.7. The van der Waals surface area contributed by atoms with E-state index < -0.39 is 0 Å². The Balaban J connectivity index is 2.17. The quantitative estimate of drug-likeness (QED) is 0.777. The van der Waals surface area contributed by atoms with Gasteiger partial charge in [0, 0.05) is 25.2 Å². The molecule has 0 fully saturated rings. The minimum atomic E-state index is 0.0854. The van der Waals surface area contributed by atoms with E-state index in [4.69, 9.17) is 10.8 Å². The lowest BCUT2D eigenvalue weighted by Gasteiger charge is -2.32. The Kier molecular flexibility index (Phi) is 6.37. The van der Waals surface area contributed by atoms with Crippen molar-refractivity contribution in [3.05, 3.63) is 48.2 Å². The lowest BCUT2D eigenvalue weighted by molar-refractivity contribution is 0.341. The van der Waals surface area contributed by atoms with Gasteiger partial charge in [-0.2, -0.15) is 4.98 Å². The van der Waals surface area contributed by atoms with E-state index in [1.54, 1.807) is 12.3 Å². The number of hydrogen-bond donors (Lipinski definition) is 2. The molecule has 1 aromatic rings. The van der Waals surface area contributed by atoms with Crippen molar-refractivity contribution in [1.29, 1.82) is 0 Å². The van der Waals surface area contributed by atoms with E-state index in [1.807, 2.05) is 6.07 Å². The monoisotopic (exact) mass is 342 g/mol. The predicted octanol–water partition coefficient (Wildman–Crippen LogP) is 3.21. The Hall–Kier alpha value is -2.14. The van der Waals surface area contributed by atoms with Crippen molar-refractivity contribution in [2.75, 3.05) is 30.3 Å². The third-order valence-electron chi connectivity index (χ3n) is 4.10. The summed E-state index contributed by atoms with van der Waals surface area (Å²) < 4.78 is 0. The SMILES string of the molecule is CC1C=C(CN(CC(C)(C)C)c2ccnc(N)n2)C=CC1/C=C/CO. The van der Waals surface area contributed by atoms with Gasteiger partial charge in [-0.25, -0.2) is 4.98 Å². The molecule has 0 spiro atoms. The van der Waals surface area contributed by atoms with Crippen molar-refractivity contribution in [1.82, 2.24) is 9.97 Å². The first-order valence-corrected chi connectivity index (χ1v) is 8.78. The van der Waals surface area contributed by atoms with Crippen LogP contribution in [0, 0.1) is 17.3 Å². The second-order valence-corrected chi connectivity index (χ2v) is 7.84. The molecule has 1 aliphatic carbocycles. The second-order valence-electron chi connectivity index (χ2n) is 7.84. The average Bonchev–Trinajstić information content (AvgIpc) is 2.52. The molecule has 0 radical (unpaired) electrons. The van der Waals surface area contributed by atoms with Crippen molar-refractivity contribution in [3.63, 3.8) is 0 Å². The van der Waals surface area contributed by atoms with Crippen LogP contribution in [0.25, 0.3) is 0 Å². The van der Waals surface area contributed by atoms with Gasteiger partial charge in [0.2, 0.25) is 5.95 Å². The first kappa shape index (κ1) is 19.2. The number of allylic oxidation sites excluding steroid dienone is 3. The highest BCUT2D eigenvalue weighted by molar-refractivity contribution is 5.45. The molecular formula is C20H30N4O. The maximum absolute atomic E-state index is 8.96. The second kappa shape index (κ2) is 8.30. The van der Waals surface area contributed by atoms with E-state index in [9.17, 15) is 0 Å². The molecule has 0 amide bonds. The highest BCUT2D eigenvalue weighted by atomic mass is 16.2. The summed E-state index contributed by atoms with van der Waals surface area (Å²) in [6.45, 7) is 10.6. The predicted molar refractivity (Wildman–Crippen MR) is 104 cm³/mol. The Morgan fingerprint density at radius 2 is 2.12 bits per heavy atom. The van der Waals surface area contributed by atoms with Gasteiger partial charge >= 0.3 is 0 Å². The number of anilines is 2. The van der Waals surface area contributed by atoms with Crippen LogP contribution in [0.3, 0.4) is 0 Å². The van der Waals surface area contributed by atoms with E-state index in [1.165, 1.54) is 5.57 Å². The van der Waals surface area contributed by atoms with Crippen molar-refractivity contribution < 1.29 is 5.11 Å². The third-order valence-corrected chi connectivity index (χ3v) is 4.10. The molecule has 2 unspecified atom stereocenters. The summed E-state index contributed by atoms with van der Waals surface area (Å²) in [5.74, 6) is 1.88. The van der Waals surface area contributed by atoms with E-state index >= 15 is 0 Å². The summed E-state index contributed by atoms with van der Waals surface area (Å²) >= 11 is 0. The summed E-state index contributed by atoms with van der Waals surface area (Å²) in [5.41, 5.74) is 7.18. The molecule has 136 valence electrons. The number of aromatic nitrogens is 2. The van der Waals surface area contributed by atoms with Crippen LogP contribution >= 0.6 is 0 Å². The van der Waals surface area contributed by atoms with Gasteiger partial charge in [-0.1, -0.05) is 58.1 Å². The van der Waals surface area contributed by atoms with Crippen molar-refractivity contribution in [2.24, 2.45) is 17.3 Å². The number of nitrogens with zero attached hydrogens (tertiary/aromatic N) is 3. The number of hydrogen-bond acceptors (Lipinski definition) is 5. The van der Waals surface area contributed by atoms with E-state index in [-0.39, 0.29) is 12.0 Å². The number of nitrogen functional groups attached to an aromatic ring is 1. The molecular weight excluding hydrogens is 312 g/mol. The van der Waals surface area contributed by atoms with Crippen LogP contribution in [-0.4, -0.2) is 34.8 Å². The smallest absolute Gasteiger partial charge is 0.221 e. The minimum Gasteiger partial charge on any atom is -0.392 e. The van der Waals surface area contributed by atoms with Gasteiger partial charge in [-0.3, -0.25) is 0 Å². The van der Waals surface area contributed by atoms with Crippen LogP contribution in [0.5, 0.6) is 0 Å². The molecule has 1 aromatic heterocycles. The molecule has 5 nitrogen and oxygen atoms in total. The molecule has 0 bridgehead atoms. The summed E-state index contributed by atoms with van der Waals surface area (Å²) in [6.07, 6.45) is 12.2. The zero-order chi connectivity index (χ0) is 18.4. The van der Waals surface area contributed by atoms with Crippen LogP contribution in [0.1, 0.15) is 27.7 Å². The Morgan fingerprint density at radius 3 is 2.72 bits per heavy atom. The van der Waals surface area contributed by atoms with Crippen LogP contribution in [0.4, 0.5) is 11.8 Å². The van der Waals surface area contributed by atoms with Gasteiger partial charge in [0.25, 0.3) is 0 Å². The van der Waals surface area contributed by atoms with Crippen LogP contribution in [0.15, 0.2) is 48.2 Å². The molecule has 0 saturated heterocycles. The standard InChI is InChI=1S/C20H30N4O/c1-15-12-16(7-8-17(15)6-5-11-25)13-24(14-20(2,3)4)18-9-10-22-19(21)23-18/h5-10,12,15,17,25H,11,13-14H2,1-4H3,(H2,21,22,23)/b6-5+. The Bertz CT molecular complexity index is 658. The fraction of sp³-hybridized carbons (Fsp3) is 0.500. The molecule has 2 atom stereocenters. The van der Waals surface area contributed by atoms with Gasteiger partial charge in [0.1, 0.15) is 5.82 Å². The summed E-state index contributed by atoms with van der Waals surface area (Å²) in [5, 5.41) is 8.96. The summed E-state index contributed by atoms with van der Waals surface area (Å²) in [4.78, 5) is 10.7. The number of aliphatic hydroxyl groups excluding tert-OH is 1. The zero-order valence-electron chi connectivity index (χ0n) is 15.7. The van der Waals surface area contributed by atoms with Crippen molar-refractivity contribution >= 4 is 11.8 Å². The van der Waals surface area contributed by atoms with Crippen molar-refractivity contribution in [2.45, 2.75) is 27.7 Å². The Labute approximate surface area is 151 Å². The summed E-state index contributed by atoms with van der Waals surface area (Å²) in [6, 6.07) is 1.91. The van der Waals surface area contributed by atoms with Gasteiger partial charge in [-0.15, -0.1) is 0 Å². The number of nitrogens with two attached hydrogens (primary N) is 1. The lowest BCUT2D eigenvalue weighted by atomic mass is 9.86. The Morgan fingerprint density at radius 1 is 1.36 bits per heavy atom. The molecule has 2 rings (SSSR count). The number of rotatable bonds is 6.